The Morgan fingerprint density at radius 3 is 2.80 bits per heavy atom. The van der Waals surface area contributed by atoms with Crippen molar-refractivity contribution in [1.82, 2.24) is 4.98 Å². The molecule has 4 heteroatoms. The molecular formula is C11H11BrN2S. The Morgan fingerprint density at radius 1 is 1.40 bits per heavy atom. The minimum absolute atomic E-state index is 1.05. The molecule has 0 saturated heterocycles. The summed E-state index contributed by atoms with van der Waals surface area (Å²) in [6.45, 7) is 2.02. The van der Waals surface area contributed by atoms with Crippen molar-refractivity contribution >= 4 is 32.3 Å². The molecule has 0 atom stereocenters. The van der Waals surface area contributed by atoms with E-state index in [9.17, 15) is 0 Å². The molecule has 78 valence electrons. The van der Waals surface area contributed by atoms with Crippen LogP contribution in [0.2, 0.25) is 0 Å². The lowest BCUT2D eigenvalue weighted by Crippen LogP contribution is -1.85. The third kappa shape index (κ3) is 2.21. The van der Waals surface area contributed by atoms with E-state index in [-0.39, 0.29) is 0 Å². The van der Waals surface area contributed by atoms with Crippen molar-refractivity contribution in [3.8, 4) is 10.6 Å². The van der Waals surface area contributed by atoms with Gasteiger partial charge in [-0.05, 0) is 19.1 Å². The van der Waals surface area contributed by atoms with Gasteiger partial charge in [0.15, 0.2) is 0 Å². The van der Waals surface area contributed by atoms with Crippen LogP contribution in [0, 0.1) is 6.92 Å². The molecule has 0 saturated carbocycles. The third-order valence-corrected chi connectivity index (χ3v) is 3.81. The highest BCUT2D eigenvalue weighted by atomic mass is 79.9. The van der Waals surface area contributed by atoms with Crippen molar-refractivity contribution in [2.45, 2.75) is 6.92 Å². The average Bonchev–Trinajstić information content (AvgIpc) is 2.60. The Hall–Kier alpha value is -0.870. The zero-order valence-electron chi connectivity index (χ0n) is 8.54. The highest BCUT2D eigenvalue weighted by Crippen LogP contribution is 2.32. The Bertz CT molecular complexity index is 479. The summed E-state index contributed by atoms with van der Waals surface area (Å²) >= 11 is 5.14. The van der Waals surface area contributed by atoms with Crippen LogP contribution >= 0.6 is 27.3 Å². The van der Waals surface area contributed by atoms with Crippen molar-refractivity contribution in [3.63, 3.8) is 0 Å². The largest absolute Gasteiger partial charge is 0.378 e. The van der Waals surface area contributed by atoms with E-state index in [1.807, 2.05) is 26.1 Å². The Morgan fingerprint density at radius 2 is 2.20 bits per heavy atom. The average molecular weight is 283 g/mol. The first kappa shape index (κ1) is 10.6. The number of anilines is 1. The van der Waals surface area contributed by atoms with Gasteiger partial charge in [0.1, 0.15) is 10.0 Å². The first-order valence-electron chi connectivity index (χ1n) is 4.62. The van der Waals surface area contributed by atoms with Crippen LogP contribution in [-0.4, -0.2) is 12.0 Å². The summed E-state index contributed by atoms with van der Waals surface area (Å²) in [4.78, 5) is 4.53. The molecule has 1 heterocycles. The molecule has 0 aliphatic heterocycles. The molecule has 2 rings (SSSR count). The van der Waals surface area contributed by atoms with Gasteiger partial charge in [-0.25, -0.2) is 4.98 Å². The number of aromatic nitrogens is 1. The van der Waals surface area contributed by atoms with Crippen LogP contribution in [-0.2, 0) is 0 Å². The predicted molar refractivity (Wildman–Crippen MR) is 69.5 cm³/mol. The molecule has 1 aromatic carbocycles. The van der Waals surface area contributed by atoms with Crippen LogP contribution in [0.1, 0.15) is 5.69 Å². The van der Waals surface area contributed by atoms with E-state index in [2.05, 4.69) is 38.4 Å². The van der Waals surface area contributed by atoms with E-state index in [1.165, 1.54) is 0 Å². The number of aryl methyl sites for hydroxylation is 1. The van der Waals surface area contributed by atoms with Crippen molar-refractivity contribution in [3.05, 3.63) is 34.4 Å². The summed E-state index contributed by atoms with van der Waals surface area (Å²) in [6, 6.07) is 8.19. The Kier molecular flexibility index (Phi) is 3.07. The number of hydrogen-bond donors (Lipinski definition) is 1. The van der Waals surface area contributed by atoms with Gasteiger partial charge in [-0.15, -0.1) is 0 Å². The SMILES string of the molecule is CNc1sc(-c2cccc(Br)c2)nc1C. The molecule has 0 spiro atoms. The Labute approximate surface area is 101 Å². The van der Waals surface area contributed by atoms with Crippen LogP contribution in [0.4, 0.5) is 5.00 Å². The van der Waals surface area contributed by atoms with Crippen LogP contribution in [0.25, 0.3) is 10.6 Å². The monoisotopic (exact) mass is 282 g/mol. The molecule has 2 aromatic rings. The van der Waals surface area contributed by atoms with Crippen LogP contribution in [0.5, 0.6) is 0 Å². The van der Waals surface area contributed by atoms with E-state index in [0.717, 1.165) is 25.7 Å². The molecule has 0 amide bonds. The number of hydrogen-bond acceptors (Lipinski definition) is 3. The van der Waals surface area contributed by atoms with Crippen LogP contribution in [0.15, 0.2) is 28.7 Å². The molecule has 0 radical (unpaired) electrons. The summed E-state index contributed by atoms with van der Waals surface area (Å²) in [5.41, 5.74) is 2.21. The normalized spacial score (nSPS) is 10.3. The number of nitrogens with one attached hydrogen (secondary N) is 1. The van der Waals surface area contributed by atoms with Gasteiger partial charge in [0, 0.05) is 17.1 Å². The minimum Gasteiger partial charge on any atom is -0.378 e. The fourth-order valence-corrected chi connectivity index (χ4v) is 2.69. The van der Waals surface area contributed by atoms with Gasteiger partial charge < -0.3 is 5.32 Å². The summed E-state index contributed by atoms with van der Waals surface area (Å²) in [6.07, 6.45) is 0. The first-order valence-corrected chi connectivity index (χ1v) is 6.23. The van der Waals surface area contributed by atoms with Crippen molar-refractivity contribution < 1.29 is 0 Å². The number of rotatable bonds is 2. The van der Waals surface area contributed by atoms with Crippen LogP contribution < -0.4 is 5.32 Å². The first-order chi connectivity index (χ1) is 7.20. The van der Waals surface area contributed by atoms with Gasteiger partial charge in [-0.1, -0.05) is 39.4 Å². The van der Waals surface area contributed by atoms with Crippen LogP contribution in [0.3, 0.4) is 0 Å². The van der Waals surface area contributed by atoms with E-state index in [0.29, 0.717) is 0 Å². The highest BCUT2D eigenvalue weighted by molar-refractivity contribution is 9.10. The topological polar surface area (TPSA) is 24.9 Å². The molecule has 0 fully saturated rings. The molecule has 0 unspecified atom stereocenters. The van der Waals surface area contributed by atoms with E-state index < -0.39 is 0 Å². The van der Waals surface area contributed by atoms with Crippen molar-refractivity contribution in [2.24, 2.45) is 0 Å². The third-order valence-electron chi connectivity index (χ3n) is 2.10. The molecule has 15 heavy (non-hydrogen) atoms. The second kappa shape index (κ2) is 4.33. The highest BCUT2D eigenvalue weighted by Gasteiger charge is 2.07. The number of nitrogens with zero attached hydrogens (tertiary/aromatic N) is 1. The molecule has 1 N–H and O–H groups in total. The minimum atomic E-state index is 1.05. The standard InChI is InChI=1S/C11H11BrN2S/c1-7-10(13-2)15-11(14-7)8-4-3-5-9(12)6-8/h3-6,13H,1-2H3. The van der Waals surface area contributed by atoms with Gasteiger partial charge in [0.05, 0.1) is 5.69 Å². The smallest absolute Gasteiger partial charge is 0.125 e. The van der Waals surface area contributed by atoms with Gasteiger partial charge >= 0.3 is 0 Å². The molecule has 0 aliphatic carbocycles. The fraction of sp³-hybridized carbons (Fsp3) is 0.182. The molecule has 2 nitrogen and oxygen atoms in total. The van der Waals surface area contributed by atoms with E-state index >= 15 is 0 Å². The molecule has 1 aromatic heterocycles. The summed E-state index contributed by atoms with van der Waals surface area (Å²) < 4.78 is 1.08. The molecular weight excluding hydrogens is 272 g/mol. The zero-order chi connectivity index (χ0) is 10.8. The van der Waals surface area contributed by atoms with E-state index in [4.69, 9.17) is 0 Å². The number of thiazole rings is 1. The number of benzene rings is 1. The van der Waals surface area contributed by atoms with Crippen molar-refractivity contribution in [2.75, 3.05) is 12.4 Å². The number of halogens is 1. The maximum Gasteiger partial charge on any atom is 0.125 e. The lowest BCUT2D eigenvalue weighted by molar-refractivity contribution is 1.26. The van der Waals surface area contributed by atoms with E-state index in [1.54, 1.807) is 11.3 Å². The summed E-state index contributed by atoms with van der Waals surface area (Å²) in [5.74, 6) is 0. The van der Waals surface area contributed by atoms with Gasteiger partial charge in [-0.2, -0.15) is 0 Å². The predicted octanol–water partition coefficient (Wildman–Crippen LogP) is 3.92. The second-order valence-electron chi connectivity index (χ2n) is 3.19. The molecule has 0 aliphatic rings. The summed E-state index contributed by atoms with van der Waals surface area (Å²) in [5, 5.41) is 5.33. The van der Waals surface area contributed by atoms with Gasteiger partial charge in [0.25, 0.3) is 0 Å². The maximum atomic E-state index is 4.53. The maximum absolute atomic E-state index is 4.53. The van der Waals surface area contributed by atoms with Crippen molar-refractivity contribution in [1.29, 1.82) is 0 Å². The van der Waals surface area contributed by atoms with Gasteiger partial charge in [-0.3, -0.25) is 0 Å². The lowest BCUT2D eigenvalue weighted by Gasteiger charge is -1.95. The second-order valence-corrected chi connectivity index (χ2v) is 5.11. The van der Waals surface area contributed by atoms with Gasteiger partial charge in [0.2, 0.25) is 0 Å². The Balaban J connectivity index is 2.45. The summed E-state index contributed by atoms with van der Waals surface area (Å²) in [7, 11) is 1.92. The molecule has 0 bridgehead atoms. The zero-order valence-corrected chi connectivity index (χ0v) is 10.9. The quantitative estimate of drug-likeness (QED) is 0.903. The lowest BCUT2D eigenvalue weighted by atomic mass is 10.2. The fourth-order valence-electron chi connectivity index (χ4n) is 1.37.